The molecular weight excluding hydrogens is 222 g/mol. The molecule has 0 unspecified atom stereocenters. The summed E-state index contributed by atoms with van der Waals surface area (Å²) >= 11 is 6.02. The van der Waals surface area contributed by atoms with E-state index >= 15 is 0 Å². The molecule has 0 atom stereocenters. The van der Waals surface area contributed by atoms with Crippen molar-refractivity contribution in [1.82, 2.24) is 0 Å². The maximum Gasteiger partial charge on any atom is 0.144 e. The van der Waals surface area contributed by atoms with Gasteiger partial charge in [-0.25, -0.2) is 0 Å². The first-order valence-corrected chi connectivity index (χ1v) is 5.56. The summed E-state index contributed by atoms with van der Waals surface area (Å²) in [6.07, 6.45) is 2.45. The Labute approximate surface area is 101 Å². The third kappa shape index (κ3) is 1.45. The number of nitrogens with zero attached hydrogens (tertiary/aromatic N) is 1. The normalized spacial score (nSPS) is 20.0. The maximum absolute atomic E-state index is 10.7. The van der Waals surface area contributed by atoms with Crippen LogP contribution < -0.4 is 4.90 Å². The molecule has 0 saturated heterocycles. The minimum absolute atomic E-state index is 0.171. The van der Waals surface area contributed by atoms with E-state index in [0.717, 1.165) is 28.3 Å². The van der Waals surface area contributed by atoms with Gasteiger partial charge in [-0.1, -0.05) is 25.4 Å². The zero-order valence-corrected chi connectivity index (χ0v) is 10.4. The van der Waals surface area contributed by atoms with Gasteiger partial charge < -0.3 is 4.90 Å². The van der Waals surface area contributed by atoms with Gasteiger partial charge in [0.1, 0.15) is 6.29 Å². The highest BCUT2D eigenvalue weighted by Crippen LogP contribution is 2.47. The van der Waals surface area contributed by atoms with Gasteiger partial charge >= 0.3 is 0 Å². The lowest BCUT2D eigenvalue weighted by Crippen LogP contribution is -2.22. The first-order chi connectivity index (χ1) is 7.48. The summed E-state index contributed by atoms with van der Waals surface area (Å²) in [4.78, 5) is 12.7. The number of hydrogen-bond acceptors (Lipinski definition) is 2. The Morgan fingerprint density at radius 2 is 2.06 bits per heavy atom. The highest BCUT2D eigenvalue weighted by molar-refractivity contribution is 6.30. The van der Waals surface area contributed by atoms with Crippen LogP contribution in [0.2, 0.25) is 5.02 Å². The van der Waals surface area contributed by atoms with E-state index in [1.54, 1.807) is 6.08 Å². The van der Waals surface area contributed by atoms with Crippen molar-refractivity contribution in [2.24, 2.45) is 0 Å². The molecule has 0 radical (unpaired) electrons. The van der Waals surface area contributed by atoms with E-state index in [1.807, 2.05) is 30.1 Å². The number of likely N-dealkylation sites (N-methyl/N-ethyl adjacent to an activating group) is 1. The Morgan fingerprint density at radius 3 is 2.69 bits per heavy atom. The molecule has 0 bridgehead atoms. The van der Waals surface area contributed by atoms with Crippen LogP contribution in [0.3, 0.4) is 0 Å². The van der Waals surface area contributed by atoms with Crippen molar-refractivity contribution in [2.45, 2.75) is 19.3 Å². The van der Waals surface area contributed by atoms with Crippen LogP contribution in [-0.2, 0) is 10.2 Å². The zero-order valence-electron chi connectivity index (χ0n) is 9.62. The number of fused-ring (bicyclic) bond motifs is 1. The third-order valence-corrected chi connectivity index (χ3v) is 3.46. The van der Waals surface area contributed by atoms with Crippen LogP contribution in [-0.4, -0.2) is 13.3 Å². The van der Waals surface area contributed by atoms with E-state index in [-0.39, 0.29) is 5.41 Å². The first-order valence-electron chi connectivity index (χ1n) is 5.18. The Morgan fingerprint density at radius 1 is 1.38 bits per heavy atom. The van der Waals surface area contributed by atoms with Crippen LogP contribution in [0.25, 0.3) is 0 Å². The van der Waals surface area contributed by atoms with E-state index in [2.05, 4.69) is 13.8 Å². The summed E-state index contributed by atoms with van der Waals surface area (Å²) < 4.78 is 0. The van der Waals surface area contributed by atoms with Gasteiger partial charge in [-0.2, -0.15) is 0 Å². The number of benzene rings is 1. The average molecular weight is 236 g/mol. The second kappa shape index (κ2) is 3.63. The molecule has 3 heteroatoms. The summed E-state index contributed by atoms with van der Waals surface area (Å²) in [5, 5.41) is 0.729. The lowest BCUT2D eigenvalue weighted by atomic mass is 9.84. The molecule has 0 aliphatic carbocycles. The van der Waals surface area contributed by atoms with E-state index in [0.29, 0.717) is 0 Å². The number of aldehydes is 1. The monoisotopic (exact) mass is 235 g/mol. The second-order valence-electron chi connectivity index (χ2n) is 4.53. The van der Waals surface area contributed by atoms with Crippen LogP contribution in [0.1, 0.15) is 19.4 Å². The Hall–Kier alpha value is -1.28. The average Bonchev–Trinajstić information content (AvgIpc) is 2.40. The van der Waals surface area contributed by atoms with Crippen LogP contribution in [0.5, 0.6) is 0 Å². The molecule has 84 valence electrons. The standard InChI is InChI=1S/C13H14ClNO/c1-13(2)10-8-9(14)4-5-11(10)15(3)12(13)6-7-16/h4-8H,1-3H3/b12-6-. The summed E-state index contributed by atoms with van der Waals surface area (Å²) in [5.74, 6) is 0. The number of carbonyl (C=O) groups excluding carboxylic acids is 1. The molecule has 0 fully saturated rings. The van der Waals surface area contributed by atoms with Crippen LogP contribution in [0, 0.1) is 0 Å². The van der Waals surface area contributed by atoms with Crippen LogP contribution in [0.4, 0.5) is 5.69 Å². The highest BCUT2D eigenvalue weighted by Gasteiger charge is 2.38. The largest absolute Gasteiger partial charge is 0.347 e. The molecule has 2 rings (SSSR count). The van der Waals surface area contributed by atoms with Gasteiger partial charge in [-0.3, -0.25) is 4.79 Å². The minimum atomic E-state index is -0.171. The number of allylic oxidation sites excluding steroid dienone is 2. The van der Waals surface area contributed by atoms with Gasteiger partial charge in [0.25, 0.3) is 0 Å². The smallest absolute Gasteiger partial charge is 0.144 e. The Balaban J connectivity index is 2.66. The van der Waals surface area contributed by atoms with Gasteiger partial charge in [0.15, 0.2) is 0 Å². The van der Waals surface area contributed by atoms with E-state index < -0.39 is 0 Å². The van der Waals surface area contributed by atoms with Crippen molar-refractivity contribution >= 4 is 23.6 Å². The molecule has 1 heterocycles. The summed E-state index contributed by atoms with van der Waals surface area (Å²) in [7, 11) is 1.97. The lowest BCUT2D eigenvalue weighted by molar-refractivity contribution is -0.104. The molecule has 1 aliphatic heterocycles. The molecule has 1 aromatic carbocycles. The fraction of sp³-hybridized carbons (Fsp3) is 0.308. The van der Waals surface area contributed by atoms with Crippen molar-refractivity contribution in [3.05, 3.63) is 40.6 Å². The maximum atomic E-state index is 10.7. The van der Waals surface area contributed by atoms with Crippen molar-refractivity contribution in [3.8, 4) is 0 Å². The van der Waals surface area contributed by atoms with E-state index in [4.69, 9.17) is 11.6 Å². The molecular formula is C13H14ClNO. The number of halogens is 1. The predicted molar refractivity (Wildman–Crippen MR) is 67.0 cm³/mol. The van der Waals surface area contributed by atoms with Crippen molar-refractivity contribution in [1.29, 1.82) is 0 Å². The fourth-order valence-corrected chi connectivity index (χ4v) is 2.55. The Kier molecular flexibility index (Phi) is 2.55. The fourth-order valence-electron chi connectivity index (χ4n) is 2.37. The SMILES string of the molecule is CN1/C(=C\C=O)C(C)(C)c2cc(Cl)ccc21. The lowest BCUT2D eigenvalue weighted by Gasteiger charge is -2.23. The molecule has 0 N–H and O–H groups in total. The molecule has 1 aliphatic rings. The summed E-state index contributed by atoms with van der Waals surface area (Å²) in [6.45, 7) is 4.20. The number of carbonyl (C=O) groups is 1. The summed E-state index contributed by atoms with van der Waals surface area (Å²) in [6, 6.07) is 5.83. The Bertz CT molecular complexity index is 477. The van der Waals surface area contributed by atoms with Gasteiger partial charge in [0.05, 0.1) is 0 Å². The van der Waals surface area contributed by atoms with E-state index in [1.165, 1.54) is 0 Å². The molecule has 0 spiro atoms. The van der Waals surface area contributed by atoms with Gasteiger partial charge in [0, 0.05) is 28.9 Å². The number of anilines is 1. The van der Waals surface area contributed by atoms with Crippen LogP contribution >= 0.6 is 11.6 Å². The quantitative estimate of drug-likeness (QED) is 0.551. The zero-order chi connectivity index (χ0) is 11.9. The second-order valence-corrected chi connectivity index (χ2v) is 4.97. The number of hydrogen-bond donors (Lipinski definition) is 0. The molecule has 0 saturated carbocycles. The molecule has 0 amide bonds. The van der Waals surface area contributed by atoms with Gasteiger partial charge in [-0.05, 0) is 29.8 Å². The third-order valence-electron chi connectivity index (χ3n) is 3.22. The van der Waals surface area contributed by atoms with Gasteiger partial charge in [-0.15, -0.1) is 0 Å². The van der Waals surface area contributed by atoms with Crippen molar-refractivity contribution in [2.75, 3.05) is 11.9 Å². The van der Waals surface area contributed by atoms with Crippen LogP contribution in [0.15, 0.2) is 30.0 Å². The highest BCUT2D eigenvalue weighted by atomic mass is 35.5. The first kappa shape index (κ1) is 11.2. The minimum Gasteiger partial charge on any atom is -0.347 e. The summed E-state index contributed by atoms with van der Waals surface area (Å²) in [5.41, 5.74) is 3.11. The molecule has 16 heavy (non-hydrogen) atoms. The topological polar surface area (TPSA) is 20.3 Å². The van der Waals surface area contributed by atoms with E-state index in [9.17, 15) is 4.79 Å². The molecule has 0 aromatic heterocycles. The van der Waals surface area contributed by atoms with Crippen molar-refractivity contribution < 1.29 is 4.79 Å². The molecule has 2 nitrogen and oxygen atoms in total. The van der Waals surface area contributed by atoms with Crippen molar-refractivity contribution in [3.63, 3.8) is 0 Å². The predicted octanol–water partition coefficient (Wildman–Crippen LogP) is 3.15. The molecule has 1 aromatic rings. The number of rotatable bonds is 1. The van der Waals surface area contributed by atoms with Gasteiger partial charge in [0.2, 0.25) is 0 Å².